The van der Waals surface area contributed by atoms with Gasteiger partial charge in [-0.15, -0.1) is 5.10 Å². The standard InChI is InChI=1S/C9H13N5O2S3/c1-3-4-5-14-8(11-12-13-14)18-9-10-6-7(17-9)19(2,15)16/h6H,3-5H2,1-2H3. The molecule has 0 fully saturated rings. The second-order valence-electron chi connectivity index (χ2n) is 3.86. The van der Waals surface area contributed by atoms with Gasteiger partial charge in [0.05, 0.1) is 6.20 Å². The van der Waals surface area contributed by atoms with Gasteiger partial charge in [-0.3, -0.25) is 0 Å². The lowest BCUT2D eigenvalue weighted by Gasteiger charge is -2.00. The molecule has 2 rings (SSSR count). The lowest BCUT2D eigenvalue weighted by atomic mass is 10.3. The largest absolute Gasteiger partial charge is 0.236 e. The molecule has 0 aliphatic carbocycles. The summed E-state index contributed by atoms with van der Waals surface area (Å²) >= 11 is 2.40. The summed E-state index contributed by atoms with van der Waals surface area (Å²) in [5.41, 5.74) is 0. The molecular weight excluding hydrogens is 306 g/mol. The summed E-state index contributed by atoms with van der Waals surface area (Å²) in [5.74, 6) is 0. The van der Waals surface area contributed by atoms with Crippen LogP contribution >= 0.6 is 23.1 Å². The Labute approximate surface area is 119 Å². The van der Waals surface area contributed by atoms with Crippen molar-refractivity contribution in [2.24, 2.45) is 0 Å². The fourth-order valence-corrected chi connectivity index (χ4v) is 4.12. The van der Waals surface area contributed by atoms with Gasteiger partial charge in [-0.05, 0) is 28.6 Å². The molecule has 2 heterocycles. The molecule has 0 spiro atoms. The summed E-state index contributed by atoms with van der Waals surface area (Å²) in [6.07, 6.45) is 4.58. The van der Waals surface area contributed by atoms with Crippen LogP contribution in [0, 0.1) is 0 Å². The highest BCUT2D eigenvalue weighted by molar-refractivity contribution is 8.01. The quantitative estimate of drug-likeness (QED) is 0.796. The molecule has 0 aliphatic rings. The smallest absolute Gasteiger partial charge is 0.216 e. The van der Waals surface area contributed by atoms with E-state index in [9.17, 15) is 8.42 Å². The lowest BCUT2D eigenvalue weighted by molar-refractivity contribution is 0.518. The molecule has 0 N–H and O–H groups in total. The summed E-state index contributed by atoms with van der Waals surface area (Å²) in [6, 6.07) is 0. The number of aryl methyl sites for hydroxylation is 1. The third-order valence-corrected chi connectivity index (χ3v) is 6.07. The SMILES string of the molecule is CCCCn1nnnc1Sc1ncc(S(C)(=O)=O)s1. The topological polar surface area (TPSA) is 90.6 Å². The van der Waals surface area contributed by atoms with Gasteiger partial charge in [0.1, 0.15) is 4.21 Å². The predicted molar refractivity (Wildman–Crippen MR) is 72.1 cm³/mol. The van der Waals surface area contributed by atoms with Gasteiger partial charge in [0, 0.05) is 12.8 Å². The Bertz CT molecular complexity index is 648. The van der Waals surface area contributed by atoms with E-state index in [1.165, 1.54) is 24.2 Å². The van der Waals surface area contributed by atoms with Crippen LogP contribution in [-0.4, -0.2) is 39.9 Å². The first-order chi connectivity index (χ1) is 9.00. The Kier molecular flexibility index (Phi) is 4.53. The number of nitrogens with zero attached hydrogens (tertiary/aromatic N) is 5. The number of rotatable bonds is 6. The molecule has 104 valence electrons. The summed E-state index contributed by atoms with van der Waals surface area (Å²) in [7, 11) is -3.20. The van der Waals surface area contributed by atoms with E-state index in [1.807, 2.05) is 0 Å². The number of tetrazole rings is 1. The van der Waals surface area contributed by atoms with Crippen molar-refractivity contribution in [1.29, 1.82) is 0 Å². The monoisotopic (exact) mass is 319 g/mol. The summed E-state index contributed by atoms with van der Waals surface area (Å²) < 4.78 is 25.3. The molecule has 2 aromatic rings. The molecule has 0 radical (unpaired) electrons. The zero-order chi connectivity index (χ0) is 13.9. The summed E-state index contributed by atoms with van der Waals surface area (Å²) in [6.45, 7) is 2.84. The first kappa shape index (κ1) is 14.4. The van der Waals surface area contributed by atoms with Crippen molar-refractivity contribution < 1.29 is 8.42 Å². The van der Waals surface area contributed by atoms with E-state index in [2.05, 4.69) is 27.4 Å². The molecular formula is C9H13N5O2S3. The zero-order valence-electron chi connectivity index (χ0n) is 10.5. The highest BCUT2D eigenvalue weighted by Crippen LogP contribution is 2.31. The van der Waals surface area contributed by atoms with Crippen LogP contribution in [0.3, 0.4) is 0 Å². The molecule has 0 atom stereocenters. The van der Waals surface area contributed by atoms with Gasteiger partial charge in [-0.25, -0.2) is 18.1 Å². The third-order valence-electron chi connectivity index (χ3n) is 2.23. The highest BCUT2D eigenvalue weighted by atomic mass is 32.2. The Balaban J connectivity index is 2.13. The molecule has 2 aromatic heterocycles. The van der Waals surface area contributed by atoms with Crippen LogP contribution in [0.4, 0.5) is 0 Å². The zero-order valence-corrected chi connectivity index (χ0v) is 12.9. The normalized spacial score (nSPS) is 11.9. The van der Waals surface area contributed by atoms with Crippen molar-refractivity contribution in [3.63, 3.8) is 0 Å². The van der Waals surface area contributed by atoms with Gasteiger partial charge in [0.25, 0.3) is 0 Å². The average Bonchev–Trinajstić information content (AvgIpc) is 2.95. The van der Waals surface area contributed by atoms with Gasteiger partial charge in [-0.2, -0.15) is 0 Å². The fourth-order valence-electron chi connectivity index (χ4n) is 1.26. The van der Waals surface area contributed by atoms with Gasteiger partial charge in [0.15, 0.2) is 14.2 Å². The van der Waals surface area contributed by atoms with Crippen LogP contribution in [0.5, 0.6) is 0 Å². The Morgan fingerprint density at radius 3 is 2.89 bits per heavy atom. The van der Waals surface area contributed by atoms with Gasteiger partial charge >= 0.3 is 0 Å². The van der Waals surface area contributed by atoms with E-state index in [4.69, 9.17) is 0 Å². The third kappa shape index (κ3) is 3.74. The van der Waals surface area contributed by atoms with Crippen molar-refractivity contribution in [1.82, 2.24) is 25.2 Å². The first-order valence-corrected chi connectivity index (χ1v) is 9.13. The number of sulfone groups is 1. The van der Waals surface area contributed by atoms with Crippen LogP contribution in [0.25, 0.3) is 0 Å². The van der Waals surface area contributed by atoms with Crippen molar-refractivity contribution in [3.8, 4) is 0 Å². The van der Waals surface area contributed by atoms with Crippen LogP contribution in [0.2, 0.25) is 0 Å². The van der Waals surface area contributed by atoms with Crippen LogP contribution in [-0.2, 0) is 16.4 Å². The first-order valence-electron chi connectivity index (χ1n) is 5.60. The van der Waals surface area contributed by atoms with Gasteiger partial charge in [-0.1, -0.05) is 24.7 Å². The number of aromatic nitrogens is 5. The molecule has 7 nitrogen and oxygen atoms in total. The maximum atomic E-state index is 11.4. The Hall–Kier alpha value is -1.00. The van der Waals surface area contributed by atoms with Crippen LogP contribution < -0.4 is 0 Å². The maximum absolute atomic E-state index is 11.4. The summed E-state index contributed by atoms with van der Waals surface area (Å²) in [5, 5.41) is 12.1. The predicted octanol–water partition coefficient (Wildman–Crippen LogP) is 1.48. The van der Waals surface area contributed by atoms with Crippen LogP contribution in [0.15, 0.2) is 19.9 Å². The van der Waals surface area contributed by atoms with Gasteiger partial charge < -0.3 is 0 Å². The average molecular weight is 319 g/mol. The van der Waals surface area contributed by atoms with E-state index in [0.717, 1.165) is 30.7 Å². The van der Waals surface area contributed by atoms with E-state index in [0.29, 0.717) is 9.50 Å². The maximum Gasteiger partial charge on any atom is 0.216 e. The molecule has 0 amide bonds. The van der Waals surface area contributed by atoms with Crippen molar-refractivity contribution in [2.45, 2.75) is 40.0 Å². The minimum Gasteiger partial charge on any atom is -0.236 e. The van der Waals surface area contributed by atoms with Crippen molar-refractivity contribution >= 4 is 32.9 Å². The molecule has 0 bridgehead atoms. The van der Waals surface area contributed by atoms with Gasteiger partial charge in [0.2, 0.25) is 5.16 Å². The number of unbranched alkanes of at least 4 members (excludes halogenated alkanes) is 1. The molecule has 0 unspecified atom stereocenters. The lowest BCUT2D eigenvalue weighted by Crippen LogP contribution is -2.01. The van der Waals surface area contributed by atoms with E-state index < -0.39 is 9.84 Å². The molecule has 0 aromatic carbocycles. The van der Waals surface area contributed by atoms with Crippen molar-refractivity contribution in [2.75, 3.05) is 6.26 Å². The molecule has 0 saturated heterocycles. The number of thiazole rings is 1. The minimum atomic E-state index is -3.20. The molecule has 10 heteroatoms. The van der Waals surface area contributed by atoms with E-state index in [1.54, 1.807) is 4.68 Å². The summed E-state index contributed by atoms with van der Waals surface area (Å²) in [4.78, 5) is 4.07. The molecule has 0 saturated carbocycles. The fraction of sp³-hybridized carbons (Fsp3) is 0.556. The highest BCUT2D eigenvalue weighted by Gasteiger charge is 2.15. The van der Waals surface area contributed by atoms with E-state index in [-0.39, 0.29) is 4.21 Å². The molecule has 19 heavy (non-hydrogen) atoms. The number of hydrogen-bond acceptors (Lipinski definition) is 8. The Morgan fingerprint density at radius 1 is 1.47 bits per heavy atom. The second kappa shape index (κ2) is 5.97. The van der Waals surface area contributed by atoms with Crippen LogP contribution in [0.1, 0.15) is 19.8 Å². The van der Waals surface area contributed by atoms with Crippen molar-refractivity contribution in [3.05, 3.63) is 6.20 Å². The minimum absolute atomic E-state index is 0.252. The second-order valence-corrected chi connectivity index (χ2v) is 8.35. The molecule has 0 aliphatic heterocycles. The number of hydrogen-bond donors (Lipinski definition) is 0. The Morgan fingerprint density at radius 2 is 2.26 bits per heavy atom. The van der Waals surface area contributed by atoms with E-state index >= 15 is 0 Å².